The summed E-state index contributed by atoms with van der Waals surface area (Å²) in [6, 6.07) is 1.98. The van der Waals surface area contributed by atoms with Gasteiger partial charge in [0.1, 0.15) is 6.33 Å². The van der Waals surface area contributed by atoms with Gasteiger partial charge >= 0.3 is 0 Å². The van der Waals surface area contributed by atoms with Crippen molar-refractivity contribution in [2.24, 2.45) is 5.10 Å². The summed E-state index contributed by atoms with van der Waals surface area (Å²) in [7, 11) is 0. The van der Waals surface area contributed by atoms with E-state index >= 15 is 0 Å². The lowest BCUT2D eigenvalue weighted by Gasteiger charge is -1.87. The monoisotopic (exact) mass is 210 g/mol. The van der Waals surface area contributed by atoms with Crippen molar-refractivity contribution in [2.45, 2.75) is 0 Å². The SMILES string of the molecule is S=c1[nH]ncn1/N=C/c1ccsc1. The Bertz CT molecular complexity index is 451. The quantitative estimate of drug-likeness (QED) is 0.607. The first-order chi connectivity index (χ1) is 6.36. The maximum Gasteiger partial charge on any atom is 0.216 e. The van der Waals surface area contributed by atoms with E-state index in [9.17, 15) is 0 Å². The Morgan fingerprint density at radius 1 is 1.69 bits per heavy atom. The standard InChI is InChI=1S/C7H6N4S2/c12-7-10-8-5-11(7)9-3-6-1-2-13-4-6/h1-5H,(H,10,12)/b9-3+. The molecule has 2 heterocycles. The van der Waals surface area contributed by atoms with Gasteiger partial charge in [-0.2, -0.15) is 26.2 Å². The predicted octanol–water partition coefficient (Wildman–Crippen LogP) is 1.88. The molecule has 0 bridgehead atoms. The summed E-state index contributed by atoms with van der Waals surface area (Å²) in [5, 5.41) is 14.5. The zero-order valence-corrected chi connectivity index (χ0v) is 8.18. The third-order valence-electron chi connectivity index (χ3n) is 1.41. The second-order valence-corrected chi connectivity index (χ2v) is 3.47. The first-order valence-corrected chi connectivity index (χ1v) is 4.90. The highest BCUT2D eigenvalue weighted by Crippen LogP contribution is 2.02. The molecule has 0 aromatic carbocycles. The van der Waals surface area contributed by atoms with Crippen LogP contribution in [0.2, 0.25) is 0 Å². The molecule has 2 rings (SSSR count). The smallest absolute Gasteiger partial charge is 0.216 e. The van der Waals surface area contributed by atoms with Crippen LogP contribution in [0.25, 0.3) is 0 Å². The Labute approximate surface area is 83.5 Å². The van der Waals surface area contributed by atoms with Gasteiger partial charge in [-0.15, -0.1) is 0 Å². The minimum Gasteiger partial charge on any atom is -0.250 e. The number of aromatic amines is 1. The lowest BCUT2D eigenvalue weighted by Crippen LogP contribution is -1.87. The van der Waals surface area contributed by atoms with Crippen LogP contribution in [-0.4, -0.2) is 21.1 Å². The van der Waals surface area contributed by atoms with E-state index in [1.807, 2.05) is 16.8 Å². The fourth-order valence-corrected chi connectivity index (χ4v) is 1.56. The number of hydrogen-bond acceptors (Lipinski definition) is 4. The molecule has 0 aliphatic carbocycles. The molecule has 13 heavy (non-hydrogen) atoms. The topological polar surface area (TPSA) is 46.0 Å². The highest BCUT2D eigenvalue weighted by Gasteiger charge is 1.89. The van der Waals surface area contributed by atoms with Gasteiger partial charge in [0.05, 0.1) is 6.21 Å². The van der Waals surface area contributed by atoms with Crippen molar-refractivity contribution in [3.8, 4) is 0 Å². The molecule has 0 aliphatic heterocycles. The number of nitrogens with zero attached hydrogens (tertiary/aromatic N) is 3. The molecule has 0 atom stereocenters. The molecule has 0 radical (unpaired) electrons. The van der Waals surface area contributed by atoms with E-state index in [-0.39, 0.29) is 0 Å². The Morgan fingerprint density at radius 3 is 3.23 bits per heavy atom. The summed E-state index contributed by atoms with van der Waals surface area (Å²) in [4.78, 5) is 0. The molecule has 2 aromatic rings. The van der Waals surface area contributed by atoms with Crippen LogP contribution < -0.4 is 0 Å². The molecule has 66 valence electrons. The van der Waals surface area contributed by atoms with E-state index in [4.69, 9.17) is 12.2 Å². The van der Waals surface area contributed by atoms with Crippen LogP contribution in [0.5, 0.6) is 0 Å². The van der Waals surface area contributed by atoms with Gasteiger partial charge in [0, 0.05) is 5.56 Å². The summed E-state index contributed by atoms with van der Waals surface area (Å²) < 4.78 is 2.00. The van der Waals surface area contributed by atoms with Crippen molar-refractivity contribution < 1.29 is 0 Å². The molecular weight excluding hydrogens is 204 g/mol. The molecule has 0 aliphatic rings. The number of thiophene rings is 1. The third kappa shape index (κ3) is 1.90. The fraction of sp³-hybridized carbons (Fsp3) is 0. The normalized spacial score (nSPS) is 11.1. The van der Waals surface area contributed by atoms with Crippen LogP contribution >= 0.6 is 23.6 Å². The van der Waals surface area contributed by atoms with Gasteiger partial charge in [-0.05, 0) is 29.0 Å². The fourth-order valence-electron chi connectivity index (χ4n) is 0.802. The highest BCUT2D eigenvalue weighted by molar-refractivity contribution is 7.71. The predicted molar refractivity (Wildman–Crippen MR) is 54.7 cm³/mol. The van der Waals surface area contributed by atoms with Gasteiger partial charge in [-0.3, -0.25) is 5.10 Å². The van der Waals surface area contributed by atoms with Crippen LogP contribution in [0, 0.1) is 4.77 Å². The van der Waals surface area contributed by atoms with Crippen molar-refractivity contribution >= 4 is 29.8 Å². The molecule has 0 amide bonds. The number of rotatable bonds is 2. The Hall–Kier alpha value is -1.27. The van der Waals surface area contributed by atoms with Gasteiger partial charge in [-0.1, -0.05) is 0 Å². The Morgan fingerprint density at radius 2 is 2.62 bits per heavy atom. The molecule has 4 nitrogen and oxygen atoms in total. The number of H-pyrrole nitrogens is 1. The molecule has 0 saturated carbocycles. The Kier molecular flexibility index (Phi) is 2.33. The van der Waals surface area contributed by atoms with Crippen molar-refractivity contribution in [3.05, 3.63) is 33.5 Å². The van der Waals surface area contributed by atoms with E-state index in [1.54, 1.807) is 17.6 Å². The zero-order valence-electron chi connectivity index (χ0n) is 6.54. The van der Waals surface area contributed by atoms with Gasteiger partial charge in [0.15, 0.2) is 0 Å². The van der Waals surface area contributed by atoms with E-state index < -0.39 is 0 Å². The zero-order chi connectivity index (χ0) is 9.10. The summed E-state index contributed by atoms with van der Waals surface area (Å²) in [6.07, 6.45) is 3.27. The first-order valence-electron chi connectivity index (χ1n) is 3.55. The van der Waals surface area contributed by atoms with Crippen LogP contribution in [0.1, 0.15) is 5.56 Å². The lowest BCUT2D eigenvalue weighted by atomic mass is 10.4. The highest BCUT2D eigenvalue weighted by atomic mass is 32.1. The average molecular weight is 210 g/mol. The van der Waals surface area contributed by atoms with Crippen LogP contribution in [0.15, 0.2) is 28.3 Å². The minimum atomic E-state index is 0.492. The second-order valence-electron chi connectivity index (χ2n) is 2.31. The van der Waals surface area contributed by atoms with E-state index in [0.717, 1.165) is 5.56 Å². The van der Waals surface area contributed by atoms with E-state index in [1.165, 1.54) is 11.0 Å². The summed E-state index contributed by atoms with van der Waals surface area (Å²) in [5.41, 5.74) is 1.06. The van der Waals surface area contributed by atoms with Crippen LogP contribution in [-0.2, 0) is 0 Å². The molecule has 1 N–H and O–H groups in total. The summed E-state index contributed by atoms with van der Waals surface area (Å²) >= 11 is 6.54. The molecular formula is C7H6N4S2. The van der Waals surface area contributed by atoms with Gasteiger partial charge in [-0.25, -0.2) is 0 Å². The van der Waals surface area contributed by atoms with Crippen LogP contribution in [0.3, 0.4) is 0 Å². The first kappa shape index (κ1) is 8.33. The van der Waals surface area contributed by atoms with E-state index in [0.29, 0.717) is 4.77 Å². The van der Waals surface area contributed by atoms with E-state index in [2.05, 4.69) is 15.3 Å². The third-order valence-corrected chi connectivity index (χ3v) is 2.39. The molecule has 2 aromatic heterocycles. The average Bonchev–Trinajstić information content (AvgIpc) is 2.72. The largest absolute Gasteiger partial charge is 0.250 e. The molecule has 0 fully saturated rings. The van der Waals surface area contributed by atoms with Gasteiger partial charge < -0.3 is 0 Å². The van der Waals surface area contributed by atoms with Crippen molar-refractivity contribution in [1.29, 1.82) is 0 Å². The van der Waals surface area contributed by atoms with Crippen LogP contribution in [0.4, 0.5) is 0 Å². The molecule has 0 saturated heterocycles. The van der Waals surface area contributed by atoms with Crippen molar-refractivity contribution in [1.82, 2.24) is 14.9 Å². The minimum absolute atomic E-state index is 0.492. The van der Waals surface area contributed by atoms with Gasteiger partial charge in [0.2, 0.25) is 4.77 Å². The molecule has 6 heteroatoms. The Balaban J connectivity index is 2.24. The second kappa shape index (κ2) is 3.63. The maximum absolute atomic E-state index is 4.91. The summed E-state index contributed by atoms with van der Waals surface area (Å²) in [6.45, 7) is 0. The molecule has 0 spiro atoms. The number of nitrogens with one attached hydrogen (secondary N) is 1. The maximum atomic E-state index is 4.91. The molecule has 0 unspecified atom stereocenters. The van der Waals surface area contributed by atoms with Crippen molar-refractivity contribution in [2.75, 3.05) is 0 Å². The number of aromatic nitrogens is 3. The lowest BCUT2D eigenvalue weighted by molar-refractivity contribution is 0.863. The van der Waals surface area contributed by atoms with Crippen molar-refractivity contribution in [3.63, 3.8) is 0 Å². The van der Waals surface area contributed by atoms with Gasteiger partial charge in [0.25, 0.3) is 0 Å². The summed E-state index contributed by atoms with van der Waals surface area (Å²) in [5.74, 6) is 0. The number of hydrogen-bond donors (Lipinski definition) is 1.